The minimum Gasteiger partial charge on any atom is -0.494 e. The van der Waals surface area contributed by atoms with Crippen LogP contribution in [-0.2, 0) is 4.79 Å². The third-order valence-corrected chi connectivity index (χ3v) is 5.00. The first-order chi connectivity index (χ1) is 14.1. The summed E-state index contributed by atoms with van der Waals surface area (Å²) in [4.78, 5) is 12.0. The van der Waals surface area contributed by atoms with Gasteiger partial charge in [-0.15, -0.1) is 0 Å². The molecule has 0 unspecified atom stereocenters. The van der Waals surface area contributed by atoms with E-state index >= 15 is 0 Å². The van der Waals surface area contributed by atoms with Crippen LogP contribution in [-0.4, -0.2) is 23.8 Å². The van der Waals surface area contributed by atoms with Crippen molar-refractivity contribution in [2.45, 2.75) is 51.6 Å². The number of ether oxygens (including phenoxy) is 1. The van der Waals surface area contributed by atoms with Crippen LogP contribution in [0.1, 0.15) is 62.7 Å². The molecule has 156 valence electrons. The molecule has 2 aromatic rings. The Morgan fingerprint density at radius 2 is 1.72 bits per heavy atom. The number of unbranched alkanes of at least 4 members (excludes halogenated alkanes) is 5. The van der Waals surface area contributed by atoms with E-state index in [1.807, 2.05) is 24.3 Å². The molecule has 29 heavy (non-hydrogen) atoms. The number of nitrogens with zero attached hydrogens (tertiary/aromatic N) is 1. The van der Waals surface area contributed by atoms with Crippen molar-refractivity contribution >= 4 is 28.1 Å². The molecule has 0 saturated carbocycles. The SMILES string of the molecule is CCCCCCCCOc1ccc(C=NNC(=O)[C@@H](O)c2ccc(Br)cc2)cc1. The van der Waals surface area contributed by atoms with Gasteiger partial charge in [0.25, 0.3) is 5.91 Å². The van der Waals surface area contributed by atoms with Crippen LogP contribution in [0.5, 0.6) is 5.75 Å². The Labute approximate surface area is 181 Å². The zero-order chi connectivity index (χ0) is 20.9. The molecule has 0 fully saturated rings. The van der Waals surface area contributed by atoms with Gasteiger partial charge in [0, 0.05) is 4.47 Å². The van der Waals surface area contributed by atoms with Crippen molar-refractivity contribution in [1.82, 2.24) is 5.43 Å². The van der Waals surface area contributed by atoms with Gasteiger partial charge in [0.2, 0.25) is 0 Å². The molecule has 6 heteroatoms. The molecule has 0 aliphatic heterocycles. The van der Waals surface area contributed by atoms with Crippen LogP contribution in [0.2, 0.25) is 0 Å². The molecule has 1 amide bonds. The zero-order valence-electron chi connectivity index (χ0n) is 16.8. The van der Waals surface area contributed by atoms with E-state index < -0.39 is 12.0 Å². The molecule has 0 aliphatic carbocycles. The van der Waals surface area contributed by atoms with E-state index in [9.17, 15) is 9.90 Å². The summed E-state index contributed by atoms with van der Waals surface area (Å²) in [6.45, 7) is 2.95. The van der Waals surface area contributed by atoms with Crippen molar-refractivity contribution in [3.05, 3.63) is 64.1 Å². The largest absolute Gasteiger partial charge is 0.494 e. The second-order valence-electron chi connectivity index (χ2n) is 6.87. The number of hydrazone groups is 1. The summed E-state index contributed by atoms with van der Waals surface area (Å²) in [5, 5.41) is 14.0. The van der Waals surface area contributed by atoms with Crippen molar-refractivity contribution in [2.75, 3.05) is 6.61 Å². The predicted octanol–water partition coefficient (Wildman–Crippen LogP) is 5.37. The van der Waals surface area contributed by atoms with Gasteiger partial charge in [0.05, 0.1) is 12.8 Å². The monoisotopic (exact) mass is 460 g/mol. The van der Waals surface area contributed by atoms with Crippen LogP contribution in [0.4, 0.5) is 0 Å². The molecule has 2 N–H and O–H groups in total. The Hall–Kier alpha value is -2.18. The maximum atomic E-state index is 12.0. The molecular formula is C23H29BrN2O3. The zero-order valence-corrected chi connectivity index (χ0v) is 18.4. The average molecular weight is 461 g/mol. The standard InChI is InChI=1S/C23H29BrN2O3/c1-2-3-4-5-6-7-16-29-21-14-8-18(9-15-21)17-25-26-23(28)22(27)19-10-12-20(24)13-11-19/h8-15,17,22,27H,2-7,16H2,1H3,(H,26,28)/t22-/m0/s1. The van der Waals surface area contributed by atoms with Crippen LogP contribution in [0.15, 0.2) is 58.1 Å². The Morgan fingerprint density at radius 1 is 1.07 bits per heavy atom. The fourth-order valence-electron chi connectivity index (χ4n) is 2.75. The van der Waals surface area contributed by atoms with Gasteiger partial charge < -0.3 is 9.84 Å². The highest BCUT2D eigenvalue weighted by Gasteiger charge is 2.16. The number of amides is 1. The Bertz CT molecular complexity index is 761. The summed E-state index contributed by atoms with van der Waals surface area (Å²) in [5.74, 6) is 0.243. The molecule has 0 aliphatic rings. The van der Waals surface area contributed by atoms with Crippen LogP contribution in [0, 0.1) is 0 Å². The molecule has 2 aromatic carbocycles. The van der Waals surface area contributed by atoms with Gasteiger partial charge >= 0.3 is 0 Å². The summed E-state index contributed by atoms with van der Waals surface area (Å²) in [6.07, 6.45) is 7.70. The van der Waals surface area contributed by atoms with Gasteiger partial charge in [-0.1, -0.05) is 67.1 Å². The number of aliphatic hydroxyl groups is 1. The third kappa shape index (κ3) is 8.79. The van der Waals surface area contributed by atoms with Crippen LogP contribution in [0.25, 0.3) is 0 Å². The van der Waals surface area contributed by atoms with Gasteiger partial charge in [-0.2, -0.15) is 5.10 Å². The number of carbonyl (C=O) groups excluding carboxylic acids is 1. The van der Waals surface area contributed by atoms with E-state index in [2.05, 4.69) is 33.4 Å². The van der Waals surface area contributed by atoms with Crippen LogP contribution < -0.4 is 10.2 Å². The lowest BCUT2D eigenvalue weighted by Gasteiger charge is -2.09. The first kappa shape index (κ1) is 23.1. The highest BCUT2D eigenvalue weighted by Crippen LogP contribution is 2.17. The lowest BCUT2D eigenvalue weighted by molar-refractivity contribution is -0.129. The quantitative estimate of drug-likeness (QED) is 0.254. The summed E-state index contributed by atoms with van der Waals surface area (Å²) < 4.78 is 6.63. The van der Waals surface area contributed by atoms with E-state index in [1.54, 1.807) is 24.3 Å². The number of hydrogen-bond acceptors (Lipinski definition) is 4. The minimum absolute atomic E-state index is 0.507. The molecule has 0 spiro atoms. The normalized spacial score (nSPS) is 12.1. The average Bonchev–Trinajstić information content (AvgIpc) is 2.74. The molecule has 1 atom stereocenters. The minimum atomic E-state index is -1.27. The van der Waals surface area contributed by atoms with Gasteiger partial charge in [-0.25, -0.2) is 5.43 Å². The second-order valence-corrected chi connectivity index (χ2v) is 7.79. The van der Waals surface area contributed by atoms with E-state index in [0.717, 1.165) is 28.8 Å². The highest BCUT2D eigenvalue weighted by atomic mass is 79.9. The molecule has 0 aromatic heterocycles. The maximum Gasteiger partial charge on any atom is 0.273 e. The predicted molar refractivity (Wildman–Crippen MR) is 120 cm³/mol. The summed E-state index contributed by atoms with van der Waals surface area (Å²) in [5.41, 5.74) is 3.70. The topological polar surface area (TPSA) is 70.9 Å². The summed E-state index contributed by atoms with van der Waals surface area (Å²) in [6, 6.07) is 14.4. The van der Waals surface area contributed by atoms with Gasteiger partial charge in [0.15, 0.2) is 6.10 Å². The lowest BCUT2D eigenvalue weighted by Crippen LogP contribution is -2.25. The summed E-state index contributed by atoms with van der Waals surface area (Å²) >= 11 is 3.32. The Kier molecular flexibility index (Phi) is 10.5. The third-order valence-electron chi connectivity index (χ3n) is 4.47. The Morgan fingerprint density at radius 3 is 2.41 bits per heavy atom. The van der Waals surface area contributed by atoms with Gasteiger partial charge in [-0.05, 0) is 53.9 Å². The number of halogens is 1. The molecule has 0 radical (unpaired) electrons. The van der Waals surface area contributed by atoms with E-state index in [4.69, 9.17) is 4.74 Å². The maximum absolute atomic E-state index is 12.0. The number of benzene rings is 2. The van der Waals surface area contributed by atoms with Gasteiger partial charge in [-0.3, -0.25) is 4.79 Å². The molecule has 0 heterocycles. The first-order valence-electron chi connectivity index (χ1n) is 10.1. The van der Waals surface area contributed by atoms with Crippen LogP contribution in [0.3, 0.4) is 0 Å². The molecule has 0 bridgehead atoms. The fourth-order valence-corrected chi connectivity index (χ4v) is 3.01. The number of hydrogen-bond donors (Lipinski definition) is 2. The fraction of sp³-hybridized carbons (Fsp3) is 0.391. The van der Waals surface area contributed by atoms with Crippen LogP contribution >= 0.6 is 15.9 Å². The van der Waals surface area contributed by atoms with E-state index in [1.165, 1.54) is 38.3 Å². The molecule has 2 rings (SSSR count). The molecule has 5 nitrogen and oxygen atoms in total. The number of carbonyl (C=O) groups is 1. The highest BCUT2D eigenvalue weighted by molar-refractivity contribution is 9.10. The van der Waals surface area contributed by atoms with Crippen molar-refractivity contribution in [3.8, 4) is 5.75 Å². The van der Waals surface area contributed by atoms with Crippen molar-refractivity contribution in [1.29, 1.82) is 0 Å². The number of aliphatic hydroxyl groups excluding tert-OH is 1. The van der Waals surface area contributed by atoms with E-state index in [0.29, 0.717) is 5.56 Å². The number of rotatable bonds is 12. The molecular weight excluding hydrogens is 432 g/mol. The first-order valence-corrected chi connectivity index (χ1v) is 10.9. The van der Waals surface area contributed by atoms with Crippen molar-refractivity contribution < 1.29 is 14.6 Å². The van der Waals surface area contributed by atoms with E-state index in [-0.39, 0.29) is 0 Å². The van der Waals surface area contributed by atoms with Gasteiger partial charge in [0.1, 0.15) is 5.75 Å². The number of nitrogens with one attached hydrogen (secondary N) is 1. The Balaban J connectivity index is 1.71. The smallest absolute Gasteiger partial charge is 0.273 e. The van der Waals surface area contributed by atoms with Crippen molar-refractivity contribution in [3.63, 3.8) is 0 Å². The second kappa shape index (κ2) is 13.1. The molecule has 0 saturated heterocycles. The lowest BCUT2D eigenvalue weighted by atomic mass is 10.1. The van der Waals surface area contributed by atoms with Crippen molar-refractivity contribution in [2.24, 2.45) is 5.10 Å². The summed E-state index contributed by atoms with van der Waals surface area (Å²) in [7, 11) is 0.